The summed E-state index contributed by atoms with van der Waals surface area (Å²) < 4.78 is 12.2. The van der Waals surface area contributed by atoms with Crippen molar-refractivity contribution < 1.29 is 29.0 Å². The lowest BCUT2D eigenvalue weighted by molar-refractivity contribution is -0.162. The molecule has 0 aromatic heterocycles. The number of amides is 2. The smallest absolute Gasteiger partial charge is 0.312 e. The van der Waals surface area contributed by atoms with E-state index in [0.717, 1.165) is 5.56 Å². The molecule has 2 unspecified atom stereocenters. The van der Waals surface area contributed by atoms with Crippen molar-refractivity contribution in [3.05, 3.63) is 61.2 Å². The van der Waals surface area contributed by atoms with Crippen LogP contribution in [0.15, 0.2) is 55.6 Å². The van der Waals surface area contributed by atoms with Gasteiger partial charge in [-0.1, -0.05) is 56.3 Å². The van der Waals surface area contributed by atoms with Crippen LogP contribution >= 0.6 is 0 Å². The maximum atomic E-state index is 14.5. The third-order valence-corrected chi connectivity index (χ3v) is 8.46. The van der Waals surface area contributed by atoms with Crippen LogP contribution in [0.1, 0.15) is 45.6 Å². The molecule has 1 spiro atoms. The van der Waals surface area contributed by atoms with Crippen molar-refractivity contribution in [2.75, 3.05) is 19.8 Å². The number of benzene rings is 1. The van der Waals surface area contributed by atoms with E-state index in [-0.39, 0.29) is 37.5 Å². The first-order chi connectivity index (χ1) is 18.1. The molecule has 8 heteroatoms. The lowest BCUT2D eigenvalue weighted by Crippen LogP contribution is -2.59. The van der Waals surface area contributed by atoms with E-state index in [4.69, 9.17) is 9.47 Å². The predicted octanol–water partition coefficient (Wildman–Crippen LogP) is 3.10. The fourth-order valence-corrected chi connectivity index (χ4v) is 6.68. The Morgan fingerprint density at radius 1 is 1.24 bits per heavy atom. The summed E-state index contributed by atoms with van der Waals surface area (Å²) in [4.78, 5) is 45.3. The third kappa shape index (κ3) is 4.58. The number of rotatable bonds is 12. The molecule has 0 saturated carbocycles. The zero-order valence-corrected chi connectivity index (χ0v) is 22.7. The molecule has 3 aliphatic rings. The molecular weight excluding hydrogens is 484 g/mol. The molecule has 0 radical (unpaired) electrons. The van der Waals surface area contributed by atoms with Crippen LogP contribution in [-0.4, -0.2) is 75.7 Å². The second-order valence-electron chi connectivity index (χ2n) is 11.2. The maximum absolute atomic E-state index is 14.5. The van der Waals surface area contributed by atoms with E-state index < -0.39 is 41.1 Å². The number of carbonyl (C=O) groups is 3. The number of nitrogens with zero attached hydrogens (tertiary/aromatic N) is 2. The highest BCUT2D eigenvalue weighted by molar-refractivity contribution is 5.98. The van der Waals surface area contributed by atoms with E-state index in [1.165, 1.54) is 4.90 Å². The summed E-state index contributed by atoms with van der Waals surface area (Å²) in [6, 6.07) is 8.05. The lowest BCUT2D eigenvalue weighted by atomic mass is 9.66. The molecule has 3 aliphatic heterocycles. The average molecular weight is 525 g/mol. The Labute approximate surface area is 225 Å². The van der Waals surface area contributed by atoms with Gasteiger partial charge in [-0.25, -0.2) is 0 Å². The number of esters is 1. The van der Waals surface area contributed by atoms with Crippen molar-refractivity contribution in [1.82, 2.24) is 9.80 Å². The first-order valence-electron chi connectivity index (χ1n) is 13.5. The van der Waals surface area contributed by atoms with Gasteiger partial charge in [0.2, 0.25) is 11.8 Å². The SMILES string of the molecule is C=CCCOC(=O)[C@@H]1[C@H]2C(=O)N([C@@H](CO)C(C)C)C(C(=O)N(CC=C)Cc3ccccc3)C23CC[C@@]1(C)O3. The number of carbonyl (C=O) groups excluding carboxylic acids is 3. The topological polar surface area (TPSA) is 96.4 Å². The van der Waals surface area contributed by atoms with E-state index in [1.54, 1.807) is 17.1 Å². The first-order valence-corrected chi connectivity index (χ1v) is 13.5. The Morgan fingerprint density at radius 3 is 2.55 bits per heavy atom. The summed E-state index contributed by atoms with van der Waals surface area (Å²) in [6.07, 6.45) is 4.83. The molecule has 2 amide bonds. The predicted molar refractivity (Wildman–Crippen MR) is 143 cm³/mol. The third-order valence-electron chi connectivity index (χ3n) is 8.46. The Hall–Kier alpha value is -2.97. The van der Waals surface area contributed by atoms with E-state index in [1.807, 2.05) is 51.1 Å². The number of fused-ring (bicyclic) bond motifs is 1. The molecule has 1 aromatic carbocycles. The molecule has 4 rings (SSSR count). The fourth-order valence-electron chi connectivity index (χ4n) is 6.68. The van der Waals surface area contributed by atoms with Gasteiger partial charge in [-0.2, -0.15) is 0 Å². The minimum Gasteiger partial charge on any atom is -0.465 e. The van der Waals surface area contributed by atoms with E-state index in [9.17, 15) is 19.5 Å². The number of likely N-dealkylation sites (tertiary alicyclic amines) is 1. The summed E-state index contributed by atoms with van der Waals surface area (Å²) in [5.41, 5.74) is -1.14. The molecule has 3 fully saturated rings. The standard InChI is InChI=1S/C30H40N2O6/c1-6-8-17-37-28(36)24-23-26(34)32(22(19-33)20(3)4)25(30(23)15-14-29(24,5)38-30)27(35)31(16-7-2)18-21-12-10-9-11-13-21/h6-7,9-13,20,22-25,33H,1-2,8,14-19H2,3-5H3/t22-,23-,24-,25?,29+,30?/m0/s1. The molecule has 1 aromatic rings. The van der Waals surface area contributed by atoms with Crippen molar-refractivity contribution in [1.29, 1.82) is 0 Å². The van der Waals surface area contributed by atoms with Crippen LogP contribution in [0.2, 0.25) is 0 Å². The van der Waals surface area contributed by atoms with E-state index in [0.29, 0.717) is 25.8 Å². The van der Waals surface area contributed by atoms with Crippen LogP contribution in [0.4, 0.5) is 0 Å². The highest BCUT2D eigenvalue weighted by Crippen LogP contribution is 2.64. The largest absolute Gasteiger partial charge is 0.465 e. The Kier molecular flexibility index (Phi) is 8.14. The fraction of sp³-hybridized carbons (Fsp3) is 0.567. The Balaban J connectivity index is 1.77. The number of hydrogen-bond acceptors (Lipinski definition) is 6. The van der Waals surface area contributed by atoms with Crippen molar-refractivity contribution >= 4 is 17.8 Å². The molecule has 0 aliphatic carbocycles. The van der Waals surface area contributed by atoms with Crippen LogP contribution in [-0.2, 0) is 30.4 Å². The van der Waals surface area contributed by atoms with E-state index >= 15 is 0 Å². The van der Waals surface area contributed by atoms with Crippen molar-refractivity contribution in [2.45, 2.75) is 69.9 Å². The van der Waals surface area contributed by atoms with Crippen LogP contribution in [0.5, 0.6) is 0 Å². The lowest BCUT2D eigenvalue weighted by Gasteiger charge is -2.40. The molecule has 3 saturated heterocycles. The zero-order valence-electron chi connectivity index (χ0n) is 22.7. The molecule has 1 N–H and O–H groups in total. The van der Waals surface area contributed by atoms with Gasteiger partial charge < -0.3 is 24.4 Å². The second-order valence-corrected chi connectivity index (χ2v) is 11.2. The molecule has 3 heterocycles. The van der Waals surface area contributed by atoms with Gasteiger partial charge in [-0.15, -0.1) is 13.2 Å². The average Bonchev–Trinajstić information content (AvgIpc) is 3.45. The summed E-state index contributed by atoms with van der Waals surface area (Å²) in [6.45, 7) is 13.7. The Bertz CT molecular complexity index is 1070. The zero-order chi connectivity index (χ0) is 27.7. The molecule has 38 heavy (non-hydrogen) atoms. The maximum Gasteiger partial charge on any atom is 0.312 e. The van der Waals surface area contributed by atoms with Crippen LogP contribution in [0.3, 0.4) is 0 Å². The monoisotopic (exact) mass is 524 g/mol. The number of aliphatic hydroxyl groups excluding tert-OH is 1. The number of hydrogen-bond donors (Lipinski definition) is 1. The summed E-state index contributed by atoms with van der Waals surface area (Å²) in [5, 5.41) is 10.4. The van der Waals surface area contributed by atoms with Crippen LogP contribution in [0.25, 0.3) is 0 Å². The molecule has 6 atom stereocenters. The van der Waals surface area contributed by atoms with Crippen molar-refractivity contribution in [3.63, 3.8) is 0 Å². The van der Waals surface area contributed by atoms with Crippen LogP contribution in [0, 0.1) is 17.8 Å². The van der Waals surface area contributed by atoms with Gasteiger partial charge in [0.25, 0.3) is 0 Å². The summed E-state index contributed by atoms with van der Waals surface area (Å²) in [5.74, 6) is -2.90. The Morgan fingerprint density at radius 2 is 1.95 bits per heavy atom. The van der Waals surface area contributed by atoms with E-state index in [2.05, 4.69) is 13.2 Å². The van der Waals surface area contributed by atoms with Crippen molar-refractivity contribution in [2.24, 2.45) is 17.8 Å². The summed E-state index contributed by atoms with van der Waals surface area (Å²) in [7, 11) is 0. The van der Waals surface area contributed by atoms with Gasteiger partial charge in [0.15, 0.2) is 0 Å². The van der Waals surface area contributed by atoms with Gasteiger partial charge in [-0.05, 0) is 37.7 Å². The molecular formula is C30H40N2O6. The highest BCUT2D eigenvalue weighted by atomic mass is 16.6. The van der Waals surface area contributed by atoms with Gasteiger partial charge in [0.05, 0.1) is 30.8 Å². The first kappa shape index (κ1) is 28.0. The molecule has 8 nitrogen and oxygen atoms in total. The van der Waals surface area contributed by atoms with Crippen LogP contribution < -0.4 is 0 Å². The van der Waals surface area contributed by atoms with Gasteiger partial charge >= 0.3 is 5.97 Å². The minimum atomic E-state index is -1.18. The highest BCUT2D eigenvalue weighted by Gasteiger charge is 2.79. The van der Waals surface area contributed by atoms with Crippen molar-refractivity contribution in [3.8, 4) is 0 Å². The quantitative estimate of drug-likeness (QED) is 0.256. The summed E-state index contributed by atoms with van der Waals surface area (Å²) >= 11 is 0. The number of ether oxygens (including phenoxy) is 2. The minimum absolute atomic E-state index is 0.123. The van der Waals surface area contributed by atoms with Gasteiger partial charge in [0.1, 0.15) is 17.6 Å². The van der Waals surface area contributed by atoms with Gasteiger partial charge in [0, 0.05) is 13.1 Å². The number of aliphatic hydroxyl groups is 1. The normalized spacial score (nSPS) is 30.3. The molecule has 2 bridgehead atoms. The van der Waals surface area contributed by atoms with Gasteiger partial charge in [-0.3, -0.25) is 14.4 Å². The molecule has 206 valence electrons. The second kappa shape index (κ2) is 11.0.